The fraction of sp³-hybridized carbons (Fsp3) is 0.778. The van der Waals surface area contributed by atoms with Gasteiger partial charge in [-0.3, -0.25) is 4.79 Å². The van der Waals surface area contributed by atoms with Gasteiger partial charge in [-0.2, -0.15) is 0 Å². The number of carbonyl (C=O) groups excluding carboxylic acids is 2. The fourth-order valence-electron chi connectivity index (χ4n) is 0.738. The number of amides is 1. The molecular weight excluding hydrogens is 186 g/mol. The molecule has 0 saturated heterocycles. The monoisotopic (exact) mass is 203 g/mol. The van der Waals surface area contributed by atoms with Crippen molar-refractivity contribution in [3.8, 4) is 0 Å². The van der Waals surface area contributed by atoms with Crippen LogP contribution < -0.4 is 5.32 Å². The summed E-state index contributed by atoms with van der Waals surface area (Å²) in [4.78, 5) is 21.6. The lowest BCUT2D eigenvalue weighted by molar-refractivity contribution is -0.117. The van der Waals surface area contributed by atoms with Crippen molar-refractivity contribution in [1.29, 1.82) is 0 Å². The van der Waals surface area contributed by atoms with Crippen LogP contribution in [0.2, 0.25) is 0 Å². The number of ether oxygens (including phenoxy) is 2. The van der Waals surface area contributed by atoms with Crippen LogP contribution in [-0.2, 0) is 14.3 Å². The standard InChI is InChI=1S/C9H17NO4/c1-9(2,3)10-8(12)14-7(5-11)6-13-4/h5,7H,6H2,1-4H3,(H,10,12)/t7-/m0/s1. The third kappa shape index (κ3) is 6.42. The molecule has 5 nitrogen and oxygen atoms in total. The van der Waals surface area contributed by atoms with Crippen molar-refractivity contribution in [2.45, 2.75) is 32.4 Å². The van der Waals surface area contributed by atoms with Crippen molar-refractivity contribution < 1.29 is 19.1 Å². The Bertz CT molecular complexity index is 197. The maximum absolute atomic E-state index is 11.2. The molecule has 0 unspecified atom stereocenters. The molecule has 5 heteroatoms. The summed E-state index contributed by atoms with van der Waals surface area (Å²) in [5, 5.41) is 2.57. The first-order chi connectivity index (χ1) is 6.39. The Morgan fingerprint density at radius 2 is 2.07 bits per heavy atom. The highest BCUT2D eigenvalue weighted by Crippen LogP contribution is 2.00. The molecule has 0 aliphatic carbocycles. The van der Waals surface area contributed by atoms with E-state index < -0.39 is 12.2 Å². The highest BCUT2D eigenvalue weighted by molar-refractivity contribution is 5.71. The topological polar surface area (TPSA) is 64.6 Å². The van der Waals surface area contributed by atoms with Gasteiger partial charge in [-0.1, -0.05) is 0 Å². The molecule has 0 aliphatic heterocycles. The van der Waals surface area contributed by atoms with E-state index in [1.807, 2.05) is 20.8 Å². The zero-order valence-electron chi connectivity index (χ0n) is 8.99. The summed E-state index contributed by atoms with van der Waals surface area (Å²) in [6, 6.07) is 0. The fourth-order valence-corrected chi connectivity index (χ4v) is 0.738. The number of methoxy groups -OCH3 is 1. The summed E-state index contributed by atoms with van der Waals surface area (Å²) in [6.07, 6.45) is -0.930. The summed E-state index contributed by atoms with van der Waals surface area (Å²) in [5.41, 5.74) is -0.377. The van der Waals surface area contributed by atoms with Crippen molar-refractivity contribution in [3.05, 3.63) is 0 Å². The van der Waals surface area contributed by atoms with Crippen LogP contribution in [0.15, 0.2) is 0 Å². The van der Waals surface area contributed by atoms with Gasteiger partial charge in [0, 0.05) is 12.6 Å². The molecule has 1 amide bonds. The van der Waals surface area contributed by atoms with Gasteiger partial charge < -0.3 is 14.8 Å². The minimum absolute atomic E-state index is 0.0705. The van der Waals surface area contributed by atoms with Crippen LogP contribution in [0.1, 0.15) is 20.8 Å². The lowest BCUT2D eigenvalue weighted by Crippen LogP contribution is -2.43. The second-order valence-corrected chi connectivity index (χ2v) is 3.91. The van der Waals surface area contributed by atoms with E-state index in [9.17, 15) is 9.59 Å². The first-order valence-electron chi connectivity index (χ1n) is 4.32. The lowest BCUT2D eigenvalue weighted by Gasteiger charge is -2.21. The summed E-state index contributed by atoms with van der Waals surface area (Å²) in [7, 11) is 1.43. The van der Waals surface area contributed by atoms with Crippen molar-refractivity contribution >= 4 is 12.4 Å². The summed E-state index contributed by atoms with van der Waals surface area (Å²) in [6.45, 7) is 5.53. The van der Waals surface area contributed by atoms with Gasteiger partial charge in [-0.05, 0) is 20.8 Å². The molecule has 0 aromatic heterocycles. The Hall–Kier alpha value is -1.10. The Morgan fingerprint density at radius 3 is 2.43 bits per heavy atom. The van der Waals surface area contributed by atoms with E-state index in [0.717, 1.165) is 0 Å². The van der Waals surface area contributed by atoms with Gasteiger partial charge in [0.05, 0.1) is 6.61 Å². The molecule has 1 N–H and O–H groups in total. The first-order valence-corrected chi connectivity index (χ1v) is 4.32. The lowest BCUT2D eigenvalue weighted by atomic mass is 10.1. The molecule has 0 radical (unpaired) electrons. The third-order valence-electron chi connectivity index (χ3n) is 1.22. The predicted molar refractivity (Wildman–Crippen MR) is 51.1 cm³/mol. The average molecular weight is 203 g/mol. The van der Waals surface area contributed by atoms with Crippen molar-refractivity contribution in [2.24, 2.45) is 0 Å². The van der Waals surface area contributed by atoms with Gasteiger partial charge >= 0.3 is 6.09 Å². The molecular formula is C9H17NO4. The predicted octanol–water partition coefficient (Wildman–Crippen LogP) is 0.725. The number of aldehydes is 1. The second-order valence-electron chi connectivity index (χ2n) is 3.91. The van der Waals surface area contributed by atoms with Crippen LogP contribution in [0.3, 0.4) is 0 Å². The van der Waals surface area contributed by atoms with Crippen LogP contribution in [0.5, 0.6) is 0 Å². The van der Waals surface area contributed by atoms with Gasteiger partial charge in [0.1, 0.15) is 0 Å². The molecule has 0 aliphatic rings. The average Bonchev–Trinajstić information content (AvgIpc) is 2.00. The van der Waals surface area contributed by atoms with Crippen molar-refractivity contribution in [1.82, 2.24) is 5.32 Å². The van der Waals surface area contributed by atoms with E-state index >= 15 is 0 Å². The Balaban J connectivity index is 3.97. The number of carbonyl (C=O) groups is 2. The molecule has 82 valence electrons. The maximum atomic E-state index is 11.2. The number of hydrogen-bond acceptors (Lipinski definition) is 4. The summed E-state index contributed by atoms with van der Waals surface area (Å²) < 4.78 is 9.46. The number of nitrogens with one attached hydrogen (secondary N) is 1. The zero-order chi connectivity index (χ0) is 11.2. The molecule has 1 atom stereocenters. The largest absolute Gasteiger partial charge is 0.436 e. The highest BCUT2D eigenvalue weighted by atomic mass is 16.6. The van der Waals surface area contributed by atoms with E-state index in [2.05, 4.69) is 10.1 Å². The second kappa shape index (κ2) is 5.59. The molecule has 0 bridgehead atoms. The van der Waals surface area contributed by atoms with Gasteiger partial charge in [0.25, 0.3) is 0 Å². The number of alkyl carbamates (subject to hydrolysis) is 1. The molecule has 14 heavy (non-hydrogen) atoms. The van der Waals surface area contributed by atoms with Crippen LogP contribution >= 0.6 is 0 Å². The van der Waals surface area contributed by atoms with Gasteiger partial charge in [0.15, 0.2) is 12.4 Å². The third-order valence-corrected chi connectivity index (χ3v) is 1.22. The minimum Gasteiger partial charge on any atom is -0.436 e. The molecule has 0 aromatic rings. The van der Waals surface area contributed by atoms with E-state index in [-0.39, 0.29) is 12.1 Å². The highest BCUT2D eigenvalue weighted by Gasteiger charge is 2.18. The first kappa shape index (κ1) is 12.9. The van der Waals surface area contributed by atoms with Crippen LogP contribution in [0.4, 0.5) is 4.79 Å². The quantitative estimate of drug-likeness (QED) is 0.684. The molecule has 0 spiro atoms. The molecule has 0 heterocycles. The molecule has 0 saturated carbocycles. The Morgan fingerprint density at radius 1 is 1.50 bits per heavy atom. The molecule has 0 fully saturated rings. The Labute approximate surface area is 83.8 Å². The van der Waals surface area contributed by atoms with Gasteiger partial charge in [-0.25, -0.2) is 4.79 Å². The van der Waals surface area contributed by atoms with Gasteiger partial charge in [-0.15, -0.1) is 0 Å². The zero-order valence-corrected chi connectivity index (χ0v) is 8.99. The van der Waals surface area contributed by atoms with Crippen molar-refractivity contribution in [2.75, 3.05) is 13.7 Å². The van der Waals surface area contributed by atoms with Crippen LogP contribution in [0, 0.1) is 0 Å². The SMILES string of the molecule is COC[C@H](C=O)OC(=O)NC(C)(C)C. The number of hydrogen-bond donors (Lipinski definition) is 1. The van der Waals surface area contributed by atoms with Crippen molar-refractivity contribution in [3.63, 3.8) is 0 Å². The smallest absolute Gasteiger partial charge is 0.408 e. The number of rotatable bonds is 4. The summed E-state index contributed by atoms with van der Waals surface area (Å²) >= 11 is 0. The van der Waals surface area contributed by atoms with Gasteiger partial charge in [0.2, 0.25) is 0 Å². The summed E-state index contributed by atoms with van der Waals surface area (Å²) in [5.74, 6) is 0. The van der Waals surface area contributed by atoms with E-state index in [1.165, 1.54) is 7.11 Å². The minimum atomic E-state index is -0.845. The van der Waals surface area contributed by atoms with E-state index in [4.69, 9.17) is 4.74 Å². The maximum Gasteiger partial charge on any atom is 0.408 e. The van der Waals surface area contributed by atoms with Crippen LogP contribution in [-0.4, -0.2) is 37.7 Å². The Kier molecular flexibility index (Phi) is 5.15. The van der Waals surface area contributed by atoms with E-state index in [1.54, 1.807) is 0 Å². The molecule has 0 aromatic carbocycles. The van der Waals surface area contributed by atoms with E-state index in [0.29, 0.717) is 6.29 Å². The normalized spacial score (nSPS) is 13.1. The molecule has 0 rings (SSSR count). The van der Waals surface area contributed by atoms with Crippen LogP contribution in [0.25, 0.3) is 0 Å².